The standard InChI is InChI=1S/C36H22N4S/c1-3-10-23(11-4-1)25-18-20-29-26(22-25)19-21-30(37-29)36-39-34(24-12-5-2-6-13-24)38-35(40-36)28-15-9-17-32-33(28)27-14-7-8-16-31(27)41-32/h1-22H. The highest BCUT2D eigenvalue weighted by atomic mass is 32.1. The first-order valence-electron chi connectivity index (χ1n) is 13.5. The zero-order chi connectivity index (χ0) is 27.2. The second-order valence-corrected chi connectivity index (χ2v) is 11.0. The highest BCUT2D eigenvalue weighted by Crippen LogP contribution is 2.39. The molecule has 0 spiro atoms. The molecule has 0 aliphatic heterocycles. The van der Waals surface area contributed by atoms with Crippen LogP contribution in [0, 0.1) is 0 Å². The lowest BCUT2D eigenvalue weighted by atomic mass is 10.0. The highest BCUT2D eigenvalue weighted by molar-refractivity contribution is 7.25. The molecule has 0 saturated carbocycles. The van der Waals surface area contributed by atoms with Gasteiger partial charge in [0, 0.05) is 36.7 Å². The molecule has 3 aromatic heterocycles. The van der Waals surface area contributed by atoms with Crippen molar-refractivity contribution < 1.29 is 0 Å². The van der Waals surface area contributed by atoms with Crippen LogP contribution in [-0.4, -0.2) is 19.9 Å². The van der Waals surface area contributed by atoms with Gasteiger partial charge in [0.2, 0.25) is 0 Å². The van der Waals surface area contributed by atoms with E-state index >= 15 is 0 Å². The van der Waals surface area contributed by atoms with E-state index < -0.39 is 0 Å². The lowest BCUT2D eigenvalue weighted by molar-refractivity contribution is 1.06. The van der Waals surface area contributed by atoms with Crippen LogP contribution in [0.3, 0.4) is 0 Å². The fourth-order valence-electron chi connectivity index (χ4n) is 5.35. The third kappa shape index (κ3) is 4.24. The topological polar surface area (TPSA) is 51.6 Å². The molecule has 0 radical (unpaired) electrons. The summed E-state index contributed by atoms with van der Waals surface area (Å²) in [6, 6.07) is 45.8. The Bertz CT molecular complexity index is 2210. The summed E-state index contributed by atoms with van der Waals surface area (Å²) in [5.74, 6) is 1.83. The Balaban J connectivity index is 1.31. The summed E-state index contributed by atoms with van der Waals surface area (Å²) in [5.41, 5.74) is 5.90. The lowest BCUT2D eigenvalue weighted by Gasteiger charge is -2.10. The number of benzene rings is 5. The van der Waals surface area contributed by atoms with E-state index in [0.29, 0.717) is 23.2 Å². The number of rotatable bonds is 4. The van der Waals surface area contributed by atoms with E-state index in [9.17, 15) is 0 Å². The Morgan fingerprint density at radius 1 is 0.439 bits per heavy atom. The fraction of sp³-hybridized carbons (Fsp3) is 0. The molecular formula is C36H22N4S. The number of pyridine rings is 1. The van der Waals surface area contributed by atoms with Gasteiger partial charge >= 0.3 is 0 Å². The molecule has 8 rings (SSSR count). The molecule has 192 valence electrons. The van der Waals surface area contributed by atoms with Gasteiger partial charge in [0.25, 0.3) is 0 Å². The Labute approximate surface area is 240 Å². The summed E-state index contributed by atoms with van der Waals surface area (Å²) in [6.07, 6.45) is 0. The van der Waals surface area contributed by atoms with Crippen LogP contribution in [0.25, 0.3) is 76.5 Å². The highest BCUT2D eigenvalue weighted by Gasteiger charge is 2.17. The van der Waals surface area contributed by atoms with E-state index in [2.05, 4.69) is 91.0 Å². The average molecular weight is 543 g/mol. The van der Waals surface area contributed by atoms with Crippen LogP contribution in [0.1, 0.15) is 0 Å². The summed E-state index contributed by atoms with van der Waals surface area (Å²) in [4.78, 5) is 19.9. The smallest absolute Gasteiger partial charge is 0.182 e. The van der Waals surface area contributed by atoms with Crippen molar-refractivity contribution in [1.29, 1.82) is 0 Å². The van der Waals surface area contributed by atoms with Gasteiger partial charge in [0.15, 0.2) is 17.5 Å². The zero-order valence-electron chi connectivity index (χ0n) is 21.9. The number of hydrogen-bond donors (Lipinski definition) is 0. The van der Waals surface area contributed by atoms with E-state index in [0.717, 1.165) is 27.6 Å². The minimum atomic E-state index is 0.555. The monoisotopic (exact) mass is 542 g/mol. The lowest BCUT2D eigenvalue weighted by Crippen LogP contribution is -2.01. The van der Waals surface area contributed by atoms with Crippen LogP contribution in [0.15, 0.2) is 133 Å². The maximum Gasteiger partial charge on any atom is 0.182 e. The van der Waals surface area contributed by atoms with Gasteiger partial charge in [-0.25, -0.2) is 19.9 Å². The third-order valence-electron chi connectivity index (χ3n) is 7.34. The van der Waals surface area contributed by atoms with Gasteiger partial charge in [-0.2, -0.15) is 0 Å². The molecule has 0 saturated heterocycles. The molecule has 41 heavy (non-hydrogen) atoms. The maximum atomic E-state index is 5.03. The molecule has 0 atom stereocenters. The molecule has 0 aliphatic carbocycles. The first-order chi connectivity index (χ1) is 20.3. The van der Waals surface area contributed by atoms with Crippen LogP contribution < -0.4 is 0 Å². The van der Waals surface area contributed by atoms with E-state index in [1.54, 1.807) is 11.3 Å². The van der Waals surface area contributed by atoms with Crippen molar-refractivity contribution in [1.82, 2.24) is 19.9 Å². The molecule has 8 aromatic rings. The largest absolute Gasteiger partial charge is 0.244 e. The Morgan fingerprint density at radius 2 is 1.15 bits per heavy atom. The van der Waals surface area contributed by atoms with Gasteiger partial charge in [-0.05, 0) is 41.5 Å². The molecule has 0 aliphatic rings. The van der Waals surface area contributed by atoms with Crippen LogP contribution >= 0.6 is 11.3 Å². The van der Waals surface area contributed by atoms with Crippen molar-refractivity contribution >= 4 is 42.4 Å². The van der Waals surface area contributed by atoms with Crippen molar-refractivity contribution in [2.45, 2.75) is 0 Å². The molecular weight excluding hydrogens is 520 g/mol. The van der Waals surface area contributed by atoms with Gasteiger partial charge in [0.1, 0.15) is 5.69 Å². The van der Waals surface area contributed by atoms with Crippen molar-refractivity contribution in [3.8, 4) is 45.4 Å². The van der Waals surface area contributed by atoms with Crippen molar-refractivity contribution in [3.63, 3.8) is 0 Å². The zero-order valence-corrected chi connectivity index (χ0v) is 22.7. The van der Waals surface area contributed by atoms with Crippen LogP contribution in [0.4, 0.5) is 0 Å². The van der Waals surface area contributed by atoms with E-state index in [-0.39, 0.29) is 0 Å². The van der Waals surface area contributed by atoms with E-state index in [4.69, 9.17) is 19.9 Å². The van der Waals surface area contributed by atoms with Crippen LogP contribution in [0.5, 0.6) is 0 Å². The number of nitrogens with zero attached hydrogens (tertiary/aromatic N) is 4. The van der Waals surface area contributed by atoms with Gasteiger partial charge < -0.3 is 0 Å². The Kier molecular flexibility index (Phi) is 5.61. The van der Waals surface area contributed by atoms with Gasteiger partial charge in [-0.3, -0.25) is 0 Å². The quantitative estimate of drug-likeness (QED) is 0.222. The molecule has 0 bridgehead atoms. The molecule has 5 heteroatoms. The fourth-order valence-corrected chi connectivity index (χ4v) is 6.48. The van der Waals surface area contributed by atoms with Crippen molar-refractivity contribution in [3.05, 3.63) is 133 Å². The summed E-state index contributed by atoms with van der Waals surface area (Å²) < 4.78 is 2.46. The predicted octanol–water partition coefficient (Wildman–Crippen LogP) is 9.46. The van der Waals surface area contributed by atoms with Crippen LogP contribution in [0.2, 0.25) is 0 Å². The summed E-state index contributed by atoms with van der Waals surface area (Å²) in [5, 5.41) is 3.45. The normalized spacial score (nSPS) is 11.4. The summed E-state index contributed by atoms with van der Waals surface area (Å²) in [7, 11) is 0. The molecule has 4 nitrogen and oxygen atoms in total. The van der Waals surface area contributed by atoms with Crippen LogP contribution in [-0.2, 0) is 0 Å². The predicted molar refractivity (Wildman–Crippen MR) is 170 cm³/mol. The first-order valence-corrected chi connectivity index (χ1v) is 14.3. The second-order valence-electron chi connectivity index (χ2n) is 9.92. The number of fused-ring (bicyclic) bond motifs is 4. The third-order valence-corrected chi connectivity index (χ3v) is 8.47. The molecule has 5 aromatic carbocycles. The number of hydrogen-bond acceptors (Lipinski definition) is 5. The van der Waals surface area contributed by atoms with Crippen molar-refractivity contribution in [2.24, 2.45) is 0 Å². The first kappa shape index (κ1) is 23.6. The van der Waals surface area contributed by atoms with Crippen molar-refractivity contribution in [2.75, 3.05) is 0 Å². The summed E-state index contributed by atoms with van der Waals surface area (Å²) in [6.45, 7) is 0. The van der Waals surface area contributed by atoms with E-state index in [1.807, 2.05) is 42.5 Å². The van der Waals surface area contributed by atoms with Gasteiger partial charge in [-0.1, -0.05) is 103 Å². The van der Waals surface area contributed by atoms with Gasteiger partial charge in [-0.15, -0.1) is 11.3 Å². The minimum Gasteiger partial charge on any atom is -0.244 e. The average Bonchev–Trinajstić information content (AvgIpc) is 3.44. The van der Waals surface area contributed by atoms with Gasteiger partial charge in [0.05, 0.1) is 5.52 Å². The maximum absolute atomic E-state index is 5.03. The SMILES string of the molecule is c1ccc(-c2ccc3nc(-c4nc(-c5ccccc5)nc(-c5cccc6sc7ccccc7c56)n4)ccc3c2)cc1. The number of aromatic nitrogens is 4. The second kappa shape index (κ2) is 9.73. The Hall–Kier alpha value is -5.26. The molecule has 3 heterocycles. The molecule has 0 amide bonds. The van der Waals surface area contributed by atoms with E-state index in [1.165, 1.54) is 25.7 Å². The molecule has 0 fully saturated rings. The summed E-state index contributed by atoms with van der Waals surface area (Å²) >= 11 is 1.79. The minimum absolute atomic E-state index is 0.555. The molecule has 0 unspecified atom stereocenters. The molecule has 0 N–H and O–H groups in total. The Morgan fingerprint density at radius 3 is 2.00 bits per heavy atom. The number of thiophene rings is 1.